The van der Waals surface area contributed by atoms with Gasteiger partial charge in [-0.3, -0.25) is 9.88 Å². The average Bonchev–Trinajstić information content (AvgIpc) is 2.53. The van der Waals surface area contributed by atoms with Crippen molar-refractivity contribution in [2.75, 3.05) is 19.6 Å². The zero-order valence-corrected chi connectivity index (χ0v) is 12.9. The lowest BCUT2D eigenvalue weighted by Gasteiger charge is -2.46. The van der Waals surface area contributed by atoms with E-state index in [4.69, 9.17) is 5.73 Å². The van der Waals surface area contributed by atoms with Crippen molar-refractivity contribution in [1.29, 1.82) is 0 Å². The fourth-order valence-corrected chi connectivity index (χ4v) is 3.53. The molecule has 1 heterocycles. The Balaban J connectivity index is 2.01. The van der Waals surface area contributed by atoms with Crippen molar-refractivity contribution in [1.82, 2.24) is 9.88 Å². The van der Waals surface area contributed by atoms with Gasteiger partial charge in [-0.05, 0) is 43.9 Å². The van der Waals surface area contributed by atoms with E-state index in [1.807, 2.05) is 18.5 Å². The highest BCUT2D eigenvalue weighted by atomic mass is 15.2. The Morgan fingerprint density at radius 2 is 2.05 bits per heavy atom. The fourth-order valence-electron chi connectivity index (χ4n) is 3.53. The Kier molecular flexibility index (Phi) is 5.99. The van der Waals surface area contributed by atoms with Crippen LogP contribution < -0.4 is 5.73 Å². The molecule has 2 rings (SSSR count). The summed E-state index contributed by atoms with van der Waals surface area (Å²) in [6.07, 6.45) is 12.7. The largest absolute Gasteiger partial charge is 0.329 e. The minimum Gasteiger partial charge on any atom is -0.329 e. The van der Waals surface area contributed by atoms with Crippen molar-refractivity contribution < 1.29 is 0 Å². The molecule has 1 aliphatic rings. The second-order valence-electron chi connectivity index (χ2n) is 6.09. The minimum absolute atomic E-state index is 0.260. The molecular formula is C17H29N3. The predicted molar refractivity (Wildman–Crippen MR) is 84.7 cm³/mol. The van der Waals surface area contributed by atoms with Gasteiger partial charge in [0.15, 0.2) is 0 Å². The molecule has 2 N–H and O–H groups in total. The molecule has 0 atom stereocenters. The van der Waals surface area contributed by atoms with Gasteiger partial charge in [0.25, 0.3) is 0 Å². The summed E-state index contributed by atoms with van der Waals surface area (Å²) in [6.45, 7) is 5.35. The summed E-state index contributed by atoms with van der Waals surface area (Å²) in [7, 11) is 0. The number of hydrogen-bond acceptors (Lipinski definition) is 3. The maximum Gasteiger partial charge on any atom is 0.0331 e. The molecule has 0 saturated heterocycles. The molecule has 0 bridgehead atoms. The van der Waals surface area contributed by atoms with E-state index in [1.165, 1.54) is 44.1 Å². The molecule has 1 fully saturated rings. The Bertz CT molecular complexity index is 371. The Morgan fingerprint density at radius 1 is 1.25 bits per heavy atom. The van der Waals surface area contributed by atoms with Crippen LogP contribution in [0.25, 0.3) is 0 Å². The van der Waals surface area contributed by atoms with Gasteiger partial charge in [-0.25, -0.2) is 0 Å². The molecule has 20 heavy (non-hydrogen) atoms. The van der Waals surface area contributed by atoms with E-state index in [1.54, 1.807) is 0 Å². The molecule has 0 radical (unpaired) electrons. The number of nitrogens with two attached hydrogens (primary N) is 1. The van der Waals surface area contributed by atoms with Crippen molar-refractivity contribution in [3.05, 3.63) is 30.1 Å². The topological polar surface area (TPSA) is 42.2 Å². The first-order valence-electron chi connectivity index (χ1n) is 8.15. The standard InChI is InChI=1S/C17H29N3/c1-2-12-20(13-8-16-7-6-11-19-14-16)17(15-18)9-4-3-5-10-17/h6-7,11,14H,2-5,8-10,12-13,15,18H2,1H3. The van der Waals surface area contributed by atoms with Crippen molar-refractivity contribution >= 4 is 0 Å². The van der Waals surface area contributed by atoms with Crippen LogP contribution in [0.4, 0.5) is 0 Å². The first-order valence-corrected chi connectivity index (χ1v) is 8.15. The van der Waals surface area contributed by atoms with Crippen LogP contribution in [0.15, 0.2) is 24.5 Å². The van der Waals surface area contributed by atoms with E-state index in [9.17, 15) is 0 Å². The Hall–Kier alpha value is -0.930. The van der Waals surface area contributed by atoms with Gasteiger partial charge >= 0.3 is 0 Å². The molecule has 1 aromatic heterocycles. The van der Waals surface area contributed by atoms with Crippen molar-refractivity contribution in [3.63, 3.8) is 0 Å². The monoisotopic (exact) mass is 275 g/mol. The van der Waals surface area contributed by atoms with Gasteiger partial charge < -0.3 is 5.73 Å². The molecule has 0 aromatic carbocycles. The molecule has 1 saturated carbocycles. The molecule has 3 nitrogen and oxygen atoms in total. The third-order valence-electron chi connectivity index (χ3n) is 4.72. The van der Waals surface area contributed by atoms with Gasteiger partial charge in [0.2, 0.25) is 0 Å². The molecule has 0 unspecified atom stereocenters. The zero-order chi connectivity index (χ0) is 14.3. The highest BCUT2D eigenvalue weighted by Crippen LogP contribution is 2.33. The van der Waals surface area contributed by atoms with Gasteiger partial charge in [-0.2, -0.15) is 0 Å². The fraction of sp³-hybridized carbons (Fsp3) is 0.706. The summed E-state index contributed by atoms with van der Waals surface area (Å²) in [5.74, 6) is 0. The van der Waals surface area contributed by atoms with E-state index in [0.717, 1.165) is 26.1 Å². The Labute approximate surface area is 123 Å². The van der Waals surface area contributed by atoms with Crippen LogP contribution >= 0.6 is 0 Å². The second kappa shape index (κ2) is 7.75. The third-order valence-corrected chi connectivity index (χ3v) is 4.72. The summed E-state index contributed by atoms with van der Waals surface area (Å²) in [5.41, 5.74) is 7.77. The first-order chi connectivity index (χ1) is 9.80. The number of pyridine rings is 1. The zero-order valence-electron chi connectivity index (χ0n) is 12.9. The molecule has 0 amide bonds. The van der Waals surface area contributed by atoms with Crippen molar-refractivity contribution in [2.45, 2.75) is 57.4 Å². The number of aromatic nitrogens is 1. The average molecular weight is 275 g/mol. The minimum atomic E-state index is 0.260. The molecule has 3 heteroatoms. The van der Waals surface area contributed by atoms with Crippen LogP contribution in [-0.4, -0.2) is 35.1 Å². The van der Waals surface area contributed by atoms with Crippen molar-refractivity contribution in [2.24, 2.45) is 5.73 Å². The highest BCUT2D eigenvalue weighted by Gasteiger charge is 2.35. The van der Waals surface area contributed by atoms with Gasteiger partial charge in [-0.1, -0.05) is 32.3 Å². The predicted octanol–water partition coefficient (Wildman–Crippen LogP) is 3.00. The maximum atomic E-state index is 6.18. The smallest absolute Gasteiger partial charge is 0.0331 e. The molecule has 1 aliphatic carbocycles. The van der Waals surface area contributed by atoms with E-state index in [2.05, 4.69) is 22.9 Å². The lowest BCUT2D eigenvalue weighted by molar-refractivity contribution is 0.0577. The van der Waals surface area contributed by atoms with Crippen LogP contribution in [0, 0.1) is 0 Å². The normalized spacial score (nSPS) is 18.4. The molecule has 112 valence electrons. The summed E-state index contributed by atoms with van der Waals surface area (Å²) in [4.78, 5) is 6.88. The van der Waals surface area contributed by atoms with Crippen LogP contribution in [0.1, 0.15) is 51.0 Å². The third kappa shape index (κ3) is 3.80. The molecule has 0 spiro atoms. The van der Waals surface area contributed by atoms with E-state index in [-0.39, 0.29) is 5.54 Å². The van der Waals surface area contributed by atoms with Crippen LogP contribution in [0.5, 0.6) is 0 Å². The van der Waals surface area contributed by atoms with Crippen LogP contribution in [-0.2, 0) is 6.42 Å². The quantitative estimate of drug-likeness (QED) is 0.832. The van der Waals surface area contributed by atoms with Gasteiger partial charge in [-0.15, -0.1) is 0 Å². The summed E-state index contributed by atoms with van der Waals surface area (Å²) < 4.78 is 0. The van der Waals surface area contributed by atoms with Crippen LogP contribution in [0.3, 0.4) is 0 Å². The number of hydrogen-bond donors (Lipinski definition) is 1. The second-order valence-corrected chi connectivity index (χ2v) is 6.09. The number of rotatable bonds is 7. The lowest BCUT2D eigenvalue weighted by atomic mass is 9.80. The summed E-state index contributed by atoms with van der Waals surface area (Å²) in [6, 6.07) is 4.20. The van der Waals surface area contributed by atoms with E-state index >= 15 is 0 Å². The summed E-state index contributed by atoms with van der Waals surface area (Å²) >= 11 is 0. The van der Waals surface area contributed by atoms with Gasteiger partial charge in [0.1, 0.15) is 0 Å². The first kappa shape index (κ1) is 15.5. The van der Waals surface area contributed by atoms with Crippen molar-refractivity contribution in [3.8, 4) is 0 Å². The lowest BCUT2D eigenvalue weighted by Crippen LogP contribution is -2.55. The molecule has 1 aromatic rings. The molecular weight excluding hydrogens is 246 g/mol. The Morgan fingerprint density at radius 3 is 2.65 bits per heavy atom. The van der Waals surface area contributed by atoms with E-state index in [0.29, 0.717) is 0 Å². The number of nitrogens with zero attached hydrogens (tertiary/aromatic N) is 2. The molecule has 0 aliphatic heterocycles. The summed E-state index contributed by atoms with van der Waals surface area (Å²) in [5, 5.41) is 0. The highest BCUT2D eigenvalue weighted by molar-refractivity contribution is 5.09. The SMILES string of the molecule is CCCN(CCc1cccnc1)C1(CN)CCCCC1. The van der Waals surface area contributed by atoms with E-state index < -0.39 is 0 Å². The maximum absolute atomic E-state index is 6.18. The van der Waals surface area contributed by atoms with Gasteiger partial charge in [0, 0.05) is 31.0 Å². The van der Waals surface area contributed by atoms with Gasteiger partial charge in [0.05, 0.1) is 0 Å². The van der Waals surface area contributed by atoms with Crippen LogP contribution in [0.2, 0.25) is 0 Å².